The molecule has 1 saturated heterocycles. The highest BCUT2D eigenvalue weighted by Crippen LogP contribution is 2.31. The van der Waals surface area contributed by atoms with Crippen LogP contribution in [0.4, 0.5) is 0 Å². The first-order valence-electron chi connectivity index (χ1n) is 9.49. The predicted molar refractivity (Wildman–Crippen MR) is 109 cm³/mol. The van der Waals surface area contributed by atoms with Gasteiger partial charge in [-0.3, -0.25) is 14.5 Å². The van der Waals surface area contributed by atoms with Crippen molar-refractivity contribution < 1.29 is 18.8 Å². The van der Waals surface area contributed by atoms with Gasteiger partial charge in [0.1, 0.15) is 17.0 Å². The van der Waals surface area contributed by atoms with Crippen LogP contribution < -0.4 is 5.32 Å². The number of hydrogen-bond donors (Lipinski definition) is 1. The molecule has 2 aromatic rings. The molecule has 2 heterocycles. The third-order valence-corrected chi connectivity index (χ3v) is 5.19. The Morgan fingerprint density at radius 3 is 2.66 bits per heavy atom. The molecule has 29 heavy (non-hydrogen) atoms. The number of aryl methyl sites for hydroxylation is 1. The summed E-state index contributed by atoms with van der Waals surface area (Å²) in [6.45, 7) is 5.30. The van der Waals surface area contributed by atoms with E-state index in [1.807, 2.05) is 23.1 Å². The van der Waals surface area contributed by atoms with Crippen molar-refractivity contribution in [2.45, 2.75) is 6.92 Å². The number of aromatic nitrogens is 1. The van der Waals surface area contributed by atoms with E-state index in [2.05, 4.69) is 10.5 Å². The second-order valence-electron chi connectivity index (χ2n) is 6.85. The summed E-state index contributed by atoms with van der Waals surface area (Å²) in [6.07, 6.45) is 0. The lowest BCUT2D eigenvalue weighted by Gasteiger charge is -2.34. The van der Waals surface area contributed by atoms with Gasteiger partial charge >= 0.3 is 0 Å². The van der Waals surface area contributed by atoms with Gasteiger partial charge in [0.05, 0.1) is 18.2 Å². The third kappa shape index (κ3) is 5.14. The number of nitrogens with one attached hydrogen (secondary N) is 1. The summed E-state index contributed by atoms with van der Waals surface area (Å²) in [5, 5.41) is 7.39. The van der Waals surface area contributed by atoms with E-state index in [0.29, 0.717) is 73.5 Å². The highest BCUT2D eigenvalue weighted by molar-refractivity contribution is 6.33. The highest BCUT2D eigenvalue weighted by Gasteiger charge is 2.29. The fourth-order valence-corrected chi connectivity index (χ4v) is 3.51. The molecular formula is C20H25ClN4O4. The number of hydrogen-bond acceptors (Lipinski definition) is 6. The summed E-state index contributed by atoms with van der Waals surface area (Å²) in [5.74, 6) is 0.283. The van der Waals surface area contributed by atoms with Crippen molar-refractivity contribution in [3.05, 3.63) is 40.6 Å². The smallest absolute Gasteiger partial charge is 0.259 e. The van der Waals surface area contributed by atoms with Crippen LogP contribution in [0.3, 0.4) is 0 Å². The number of amides is 2. The van der Waals surface area contributed by atoms with E-state index in [0.717, 1.165) is 0 Å². The molecule has 3 rings (SSSR count). The summed E-state index contributed by atoms with van der Waals surface area (Å²) in [4.78, 5) is 28.9. The number of carbonyl (C=O) groups excluding carboxylic acids is 2. The summed E-state index contributed by atoms with van der Waals surface area (Å²) in [7, 11) is 1.59. The van der Waals surface area contributed by atoms with Crippen LogP contribution in [0.25, 0.3) is 11.3 Å². The van der Waals surface area contributed by atoms with E-state index in [4.69, 9.17) is 20.9 Å². The first kappa shape index (κ1) is 21.3. The van der Waals surface area contributed by atoms with Crippen molar-refractivity contribution in [1.29, 1.82) is 0 Å². The minimum Gasteiger partial charge on any atom is -0.383 e. The Balaban J connectivity index is 1.63. The van der Waals surface area contributed by atoms with Crippen molar-refractivity contribution in [2.24, 2.45) is 0 Å². The molecule has 0 saturated carbocycles. The molecule has 0 aliphatic carbocycles. The van der Waals surface area contributed by atoms with E-state index < -0.39 is 0 Å². The largest absolute Gasteiger partial charge is 0.383 e. The number of ether oxygens (including phenoxy) is 1. The van der Waals surface area contributed by atoms with E-state index in [1.165, 1.54) is 0 Å². The van der Waals surface area contributed by atoms with Crippen LogP contribution in [0.15, 0.2) is 28.8 Å². The van der Waals surface area contributed by atoms with Gasteiger partial charge in [0.25, 0.3) is 5.91 Å². The third-order valence-electron chi connectivity index (χ3n) is 4.86. The average molecular weight is 421 g/mol. The monoisotopic (exact) mass is 420 g/mol. The number of piperazine rings is 1. The van der Waals surface area contributed by atoms with E-state index >= 15 is 0 Å². The summed E-state index contributed by atoms with van der Waals surface area (Å²) < 4.78 is 10.2. The maximum Gasteiger partial charge on any atom is 0.259 e. The van der Waals surface area contributed by atoms with E-state index in [9.17, 15) is 9.59 Å². The van der Waals surface area contributed by atoms with Gasteiger partial charge in [-0.25, -0.2) is 0 Å². The fourth-order valence-electron chi connectivity index (χ4n) is 3.28. The standard InChI is InChI=1S/C20H25ClN4O4/c1-14-18(19(23-29-14)15-5-3-4-6-16(15)21)20(27)25-10-8-24(9-11-25)13-17(26)22-7-12-28-2/h3-6H,7-13H2,1-2H3,(H,22,26). The van der Waals surface area contributed by atoms with Gasteiger partial charge in [0.15, 0.2) is 0 Å². The molecule has 1 aromatic heterocycles. The van der Waals surface area contributed by atoms with Crippen LogP contribution in [0, 0.1) is 6.92 Å². The number of rotatable bonds is 7. The van der Waals surface area contributed by atoms with Crippen LogP contribution in [-0.2, 0) is 9.53 Å². The Labute approximate surface area is 174 Å². The van der Waals surface area contributed by atoms with Crippen LogP contribution in [-0.4, -0.2) is 79.8 Å². The molecule has 1 aromatic carbocycles. The SMILES string of the molecule is COCCNC(=O)CN1CCN(C(=O)c2c(-c3ccccc3Cl)noc2C)CC1. The van der Waals surface area contributed by atoms with Gasteiger partial charge in [-0.05, 0) is 13.0 Å². The molecule has 156 valence electrons. The molecule has 1 fully saturated rings. The number of nitrogens with zero attached hydrogens (tertiary/aromatic N) is 3. The lowest BCUT2D eigenvalue weighted by atomic mass is 10.0. The zero-order chi connectivity index (χ0) is 20.8. The van der Waals surface area contributed by atoms with Gasteiger partial charge < -0.3 is 19.5 Å². The van der Waals surface area contributed by atoms with Gasteiger partial charge in [-0.2, -0.15) is 0 Å². The molecule has 1 N–H and O–H groups in total. The molecule has 8 nitrogen and oxygen atoms in total. The number of benzene rings is 1. The predicted octanol–water partition coefficient (Wildman–Crippen LogP) is 1.82. The van der Waals surface area contributed by atoms with Gasteiger partial charge in [0.2, 0.25) is 5.91 Å². The fraction of sp³-hybridized carbons (Fsp3) is 0.450. The molecule has 0 spiro atoms. The van der Waals surface area contributed by atoms with Crippen LogP contribution >= 0.6 is 11.6 Å². The van der Waals surface area contributed by atoms with Crippen molar-refractivity contribution in [1.82, 2.24) is 20.3 Å². The molecule has 0 atom stereocenters. The Morgan fingerprint density at radius 1 is 1.24 bits per heavy atom. The molecule has 0 bridgehead atoms. The molecule has 0 unspecified atom stereocenters. The quantitative estimate of drug-likeness (QED) is 0.687. The first-order valence-corrected chi connectivity index (χ1v) is 9.87. The Bertz CT molecular complexity index is 862. The van der Waals surface area contributed by atoms with Crippen LogP contribution in [0.1, 0.15) is 16.1 Å². The number of carbonyl (C=O) groups is 2. The summed E-state index contributed by atoms with van der Waals surface area (Å²) in [6, 6.07) is 7.24. The van der Waals surface area contributed by atoms with Crippen LogP contribution in [0.2, 0.25) is 5.02 Å². The lowest BCUT2D eigenvalue weighted by molar-refractivity contribution is -0.122. The summed E-state index contributed by atoms with van der Waals surface area (Å²) >= 11 is 6.28. The average Bonchev–Trinajstić information content (AvgIpc) is 3.10. The van der Waals surface area contributed by atoms with Gasteiger partial charge in [-0.15, -0.1) is 0 Å². The molecule has 0 radical (unpaired) electrons. The normalized spacial score (nSPS) is 14.8. The first-order chi connectivity index (χ1) is 14.0. The minimum atomic E-state index is -0.136. The Kier molecular flexibility index (Phi) is 7.24. The van der Waals surface area contributed by atoms with Gasteiger partial charge in [-0.1, -0.05) is 35.0 Å². The second kappa shape index (κ2) is 9.87. The molecule has 2 amide bonds. The van der Waals surface area contributed by atoms with Crippen LogP contribution in [0.5, 0.6) is 0 Å². The lowest BCUT2D eigenvalue weighted by Crippen LogP contribution is -2.51. The maximum atomic E-state index is 13.2. The van der Waals surface area contributed by atoms with Crippen molar-refractivity contribution in [3.63, 3.8) is 0 Å². The van der Waals surface area contributed by atoms with E-state index in [1.54, 1.807) is 25.0 Å². The van der Waals surface area contributed by atoms with Crippen molar-refractivity contribution in [2.75, 3.05) is 53.0 Å². The Morgan fingerprint density at radius 2 is 1.97 bits per heavy atom. The molecule has 1 aliphatic heterocycles. The number of methoxy groups -OCH3 is 1. The highest BCUT2D eigenvalue weighted by atomic mass is 35.5. The zero-order valence-corrected chi connectivity index (χ0v) is 17.4. The Hall–Kier alpha value is -2.42. The minimum absolute atomic E-state index is 0.0438. The van der Waals surface area contributed by atoms with E-state index in [-0.39, 0.29) is 11.8 Å². The zero-order valence-electron chi connectivity index (χ0n) is 16.6. The second-order valence-corrected chi connectivity index (χ2v) is 7.26. The number of halogens is 1. The summed E-state index contributed by atoms with van der Waals surface area (Å²) in [5.41, 5.74) is 1.56. The molecular weight excluding hydrogens is 396 g/mol. The molecule has 1 aliphatic rings. The topological polar surface area (TPSA) is 87.9 Å². The van der Waals surface area contributed by atoms with Crippen molar-refractivity contribution in [3.8, 4) is 11.3 Å². The van der Waals surface area contributed by atoms with Gasteiger partial charge in [0, 0.05) is 45.4 Å². The van der Waals surface area contributed by atoms with Crippen molar-refractivity contribution >= 4 is 23.4 Å². The maximum absolute atomic E-state index is 13.2. The molecule has 9 heteroatoms.